The number of halogens is 1. The van der Waals surface area contributed by atoms with Crippen LogP contribution >= 0.6 is 11.6 Å². The van der Waals surface area contributed by atoms with E-state index in [2.05, 4.69) is 4.72 Å². The molecule has 0 saturated heterocycles. The van der Waals surface area contributed by atoms with Crippen molar-refractivity contribution in [2.45, 2.75) is 11.8 Å². The Morgan fingerprint density at radius 1 is 1.09 bits per heavy atom. The zero-order chi connectivity index (χ0) is 17.2. The van der Waals surface area contributed by atoms with Crippen LogP contribution in [0.1, 0.15) is 27.6 Å². The number of carboxylic acids is 1. The van der Waals surface area contributed by atoms with Gasteiger partial charge in [-0.25, -0.2) is 8.42 Å². The van der Waals surface area contributed by atoms with Crippen LogP contribution in [0.5, 0.6) is 0 Å². The van der Waals surface area contributed by atoms with Crippen LogP contribution in [0.4, 0.5) is 5.69 Å². The molecule has 1 N–H and O–H groups in total. The number of nitrogens with one attached hydrogen (secondary N) is 1. The molecule has 8 heteroatoms. The van der Waals surface area contributed by atoms with Gasteiger partial charge >= 0.3 is 0 Å². The van der Waals surface area contributed by atoms with Crippen LogP contribution in [-0.2, 0) is 10.0 Å². The summed E-state index contributed by atoms with van der Waals surface area (Å²) in [5, 5.41) is 10.8. The Morgan fingerprint density at radius 3 is 2.22 bits per heavy atom. The minimum atomic E-state index is -4.00. The highest BCUT2D eigenvalue weighted by Gasteiger charge is 2.16. The molecule has 120 valence electrons. The number of aromatic carboxylic acids is 1. The van der Waals surface area contributed by atoms with Gasteiger partial charge in [0.1, 0.15) is 0 Å². The smallest absolute Gasteiger partial charge is 0.261 e. The monoisotopic (exact) mass is 352 g/mol. The van der Waals surface area contributed by atoms with Gasteiger partial charge in [-0.2, -0.15) is 0 Å². The van der Waals surface area contributed by atoms with Crippen molar-refractivity contribution >= 4 is 39.1 Å². The molecule has 0 aliphatic rings. The van der Waals surface area contributed by atoms with E-state index in [4.69, 9.17) is 11.6 Å². The van der Waals surface area contributed by atoms with E-state index in [-0.39, 0.29) is 21.4 Å². The summed E-state index contributed by atoms with van der Waals surface area (Å²) in [6, 6.07) is 9.10. The van der Waals surface area contributed by atoms with Crippen molar-refractivity contribution in [2.24, 2.45) is 0 Å². The first-order chi connectivity index (χ1) is 10.7. The molecular formula is C15H11ClNO5S-. The maximum absolute atomic E-state index is 12.3. The Labute approximate surface area is 137 Å². The molecule has 0 unspecified atom stereocenters. The Balaban J connectivity index is 2.33. The third kappa shape index (κ3) is 3.88. The predicted octanol–water partition coefficient (Wildman–Crippen LogP) is 1.71. The fourth-order valence-electron chi connectivity index (χ4n) is 1.82. The highest BCUT2D eigenvalue weighted by atomic mass is 35.5. The fourth-order valence-corrected chi connectivity index (χ4v) is 3.09. The second-order valence-corrected chi connectivity index (χ2v) is 6.76. The van der Waals surface area contributed by atoms with Crippen LogP contribution < -0.4 is 9.83 Å². The minimum absolute atomic E-state index is 0.116. The summed E-state index contributed by atoms with van der Waals surface area (Å²) < 4.78 is 26.8. The first kappa shape index (κ1) is 17.0. The van der Waals surface area contributed by atoms with Crippen molar-refractivity contribution in [3.63, 3.8) is 0 Å². The summed E-state index contributed by atoms with van der Waals surface area (Å²) in [7, 11) is -4.00. The van der Waals surface area contributed by atoms with Gasteiger partial charge in [0.05, 0.1) is 10.9 Å². The Bertz CT molecular complexity index is 875. The van der Waals surface area contributed by atoms with Crippen LogP contribution in [0.25, 0.3) is 0 Å². The van der Waals surface area contributed by atoms with E-state index in [0.29, 0.717) is 5.56 Å². The van der Waals surface area contributed by atoms with Gasteiger partial charge in [-0.1, -0.05) is 11.6 Å². The third-order valence-corrected chi connectivity index (χ3v) is 4.72. The number of ketones is 1. The molecule has 0 saturated carbocycles. The predicted molar refractivity (Wildman–Crippen MR) is 83.0 cm³/mol. The highest BCUT2D eigenvalue weighted by Crippen LogP contribution is 2.22. The van der Waals surface area contributed by atoms with Gasteiger partial charge in [0.25, 0.3) is 10.0 Å². The van der Waals surface area contributed by atoms with E-state index in [1.165, 1.54) is 43.3 Å². The summed E-state index contributed by atoms with van der Waals surface area (Å²) in [6.07, 6.45) is 0. The van der Waals surface area contributed by atoms with Crippen molar-refractivity contribution in [1.82, 2.24) is 0 Å². The van der Waals surface area contributed by atoms with Gasteiger partial charge in [0.2, 0.25) is 0 Å². The number of rotatable bonds is 5. The molecule has 0 spiro atoms. The molecule has 0 fully saturated rings. The number of carbonyl (C=O) groups is 2. The van der Waals surface area contributed by atoms with Crippen molar-refractivity contribution in [2.75, 3.05) is 4.72 Å². The molecule has 2 aromatic rings. The zero-order valence-electron chi connectivity index (χ0n) is 11.9. The first-order valence-corrected chi connectivity index (χ1v) is 8.21. The number of carboxylic acid groups (broad SMARTS) is 1. The Hall–Kier alpha value is -2.38. The summed E-state index contributed by atoms with van der Waals surface area (Å²) in [4.78, 5) is 21.8. The van der Waals surface area contributed by atoms with Crippen molar-refractivity contribution < 1.29 is 23.1 Å². The SMILES string of the molecule is CC(=O)c1ccc(NS(=O)(=O)c2ccc(Cl)c(C(=O)[O-])c2)cc1. The quantitative estimate of drug-likeness (QED) is 0.825. The average Bonchev–Trinajstić information content (AvgIpc) is 2.47. The molecule has 2 rings (SSSR count). The van der Waals surface area contributed by atoms with E-state index in [1.54, 1.807) is 0 Å². The van der Waals surface area contributed by atoms with Crippen molar-refractivity contribution in [1.29, 1.82) is 0 Å². The van der Waals surface area contributed by atoms with E-state index < -0.39 is 21.6 Å². The van der Waals surface area contributed by atoms with Crippen LogP contribution in [0.15, 0.2) is 47.4 Å². The number of sulfonamides is 1. The molecule has 23 heavy (non-hydrogen) atoms. The number of Topliss-reactive ketones (excluding diaryl/α,β-unsaturated/α-hetero) is 1. The standard InChI is InChI=1S/C15H12ClNO5S/c1-9(18)10-2-4-11(5-3-10)17-23(21,22)12-6-7-14(16)13(8-12)15(19)20/h2-8,17H,1H3,(H,19,20)/p-1. The van der Waals surface area contributed by atoms with Gasteiger partial charge in [-0.05, 0) is 49.4 Å². The summed E-state index contributed by atoms with van der Waals surface area (Å²) >= 11 is 5.68. The van der Waals surface area contributed by atoms with Gasteiger partial charge < -0.3 is 9.90 Å². The van der Waals surface area contributed by atoms with Gasteiger partial charge in [0, 0.05) is 21.8 Å². The van der Waals surface area contributed by atoms with Crippen LogP contribution in [0.3, 0.4) is 0 Å². The fraction of sp³-hybridized carbons (Fsp3) is 0.0667. The zero-order valence-corrected chi connectivity index (χ0v) is 13.4. The average molecular weight is 353 g/mol. The lowest BCUT2D eigenvalue weighted by Gasteiger charge is -2.11. The molecular weight excluding hydrogens is 342 g/mol. The molecule has 0 radical (unpaired) electrons. The van der Waals surface area contributed by atoms with Crippen LogP contribution in [-0.4, -0.2) is 20.2 Å². The van der Waals surface area contributed by atoms with Crippen molar-refractivity contribution in [3.05, 3.63) is 58.6 Å². The van der Waals surface area contributed by atoms with E-state index in [0.717, 1.165) is 6.07 Å². The molecule has 0 heterocycles. The molecule has 0 aliphatic heterocycles. The lowest BCUT2D eigenvalue weighted by atomic mass is 10.1. The van der Waals surface area contributed by atoms with Crippen LogP contribution in [0.2, 0.25) is 5.02 Å². The largest absolute Gasteiger partial charge is 0.545 e. The summed E-state index contributed by atoms with van der Waals surface area (Å²) in [5.74, 6) is -1.71. The van der Waals surface area contributed by atoms with Gasteiger partial charge in [0.15, 0.2) is 5.78 Å². The lowest BCUT2D eigenvalue weighted by Crippen LogP contribution is -2.23. The number of hydrogen-bond acceptors (Lipinski definition) is 5. The van der Waals surface area contributed by atoms with Gasteiger partial charge in [-0.15, -0.1) is 0 Å². The number of benzene rings is 2. The maximum Gasteiger partial charge on any atom is 0.261 e. The highest BCUT2D eigenvalue weighted by molar-refractivity contribution is 7.92. The second-order valence-electron chi connectivity index (χ2n) is 4.67. The number of anilines is 1. The van der Waals surface area contributed by atoms with Crippen LogP contribution in [0, 0.1) is 0 Å². The summed E-state index contributed by atoms with van der Waals surface area (Å²) in [5.41, 5.74) is 0.264. The molecule has 0 aromatic heterocycles. The normalized spacial score (nSPS) is 11.0. The molecule has 0 bridgehead atoms. The minimum Gasteiger partial charge on any atom is -0.545 e. The third-order valence-electron chi connectivity index (χ3n) is 3.01. The van der Waals surface area contributed by atoms with Gasteiger partial charge in [-0.3, -0.25) is 9.52 Å². The molecule has 2 aromatic carbocycles. The molecule has 0 atom stereocenters. The topological polar surface area (TPSA) is 103 Å². The van der Waals surface area contributed by atoms with E-state index in [1.807, 2.05) is 0 Å². The number of carbonyl (C=O) groups excluding carboxylic acids is 2. The second kappa shape index (κ2) is 6.39. The molecule has 0 aliphatic carbocycles. The lowest BCUT2D eigenvalue weighted by molar-refractivity contribution is -0.255. The summed E-state index contributed by atoms with van der Waals surface area (Å²) in [6.45, 7) is 1.40. The Morgan fingerprint density at radius 2 is 1.70 bits per heavy atom. The van der Waals surface area contributed by atoms with E-state index >= 15 is 0 Å². The molecule has 0 amide bonds. The van der Waals surface area contributed by atoms with E-state index in [9.17, 15) is 23.1 Å². The number of hydrogen-bond donors (Lipinski definition) is 1. The maximum atomic E-state index is 12.3. The van der Waals surface area contributed by atoms with Crippen molar-refractivity contribution in [3.8, 4) is 0 Å². The molecule has 6 nitrogen and oxygen atoms in total. The first-order valence-electron chi connectivity index (χ1n) is 6.35. The Kier molecular flexibility index (Phi) is 4.72.